The molecule has 5 nitrogen and oxygen atoms in total. The molecule has 0 aromatic carbocycles. The first-order chi connectivity index (χ1) is 8.03. The first kappa shape index (κ1) is 15.5. The highest BCUT2D eigenvalue weighted by molar-refractivity contribution is 6.74. The minimum absolute atomic E-state index is 0.0868. The Morgan fingerprint density at radius 1 is 1.33 bits per heavy atom. The van der Waals surface area contributed by atoms with Crippen LogP contribution in [0, 0.1) is 0 Å². The molecule has 0 spiro atoms. The van der Waals surface area contributed by atoms with E-state index >= 15 is 0 Å². The smallest absolute Gasteiger partial charge is 0.407 e. The van der Waals surface area contributed by atoms with E-state index in [1.54, 1.807) is 0 Å². The molecule has 1 heterocycles. The molecule has 2 atom stereocenters. The van der Waals surface area contributed by atoms with Gasteiger partial charge in [-0.1, -0.05) is 20.8 Å². The minimum Gasteiger partial charge on any atom is -0.465 e. The van der Waals surface area contributed by atoms with E-state index in [1.807, 2.05) is 0 Å². The van der Waals surface area contributed by atoms with Crippen LogP contribution in [0.5, 0.6) is 0 Å². The summed E-state index contributed by atoms with van der Waals surface area (Å²) in [5.74, 6) is 0. The van der Waals surface area contributed by atoms with Crippen LogP contribution in [-0.4, -0.2) is 54.8 Å². The molecule has 1 aliphatic rings. The highest BCUT2D eigenvalue weighted by Gasteiger charge is 2.41. The second kappa shape index (κ2) is 5.18. The summed E-state index contributed by atoms with van der Waals surface area (Å²) in [6, 6.07) is 0. The van der Waals surface area contributed by atoms with Gasteiger partial charge in [-0.15, -0.1) is 0 Å². The lowest BCUT2D eigenvalue weighted by molar-refractivity contribution is 0.00249. The third-order valence-corrected chi connectivity index (χ3v) is 8.46. The molecule has 1 rings (SSSR count). The maximum Gasteiger partial charge on any atom is 0.407 e. The van der Waals surface area contributed by atoms with E-state index in [0.717, 1.165) is 0 Å². The summed E-state index contributed by atoms with van der Waals surface area (Å²) in [5, 5.41) is 18.8. The third kappa shape index (κ3) is 3.70. The molecule has 1 fully saturated rings. The van der Waals surface area contributed by atoms with Gasteiger partial charge in [-0.25, -0.2) is 4.79 Å². The molecule has 0 radical (unpaired) electrons. The molecule has 0 aromatic rings. The molecule has 2 N–H and O–H groups in total. The van der Waals surface area contributed by atoms with Crippen molar-refractivity contribution in [2.24, 2.45) is 0 Å². The zero-order valence-electron chi connectivity index (χ0n) is 11.9. The normalized spacial score (nSPS) is 26.2. The minimum atomic E-state index is -1.92. The number of carboxylic acid groups (broad SMARTS) is 1. The van der Waals surface area contributed by atoms with E-state index in [9.17, 15) is 9.90 Å². The molecule has 0 bridgehead atoms. The van der Waals surface area contributed by atoms with Gasteiger partial charge in [-0.3, -0.25) is 0 Å². The number of nitrogens with zero attached hydrogens (tertiary/aromatic N) is 1. The SMILES string of the molecule is CC(C)(C)[Si](C)(C)OC1CC(O)CN(C(=O)O)C1. The number of aliphatic hydroxyl groups excluding tert-OH is 1. The highest BCUT2D eigenvalue weighted by atomic mass is 28.4. The molecule has 18 heavy (non-hydrogen) atoms. The van der Waals surface area contributed by atoms with E-state index < -0.39 is 20.5 Å². The molecule has 0 saturated carbocycles. The van der Waals surface area contributed by atoms with Crippen LogP contribution in [0.2, 0.25) is 18.1 Å². The Hall–Kier alpha value is -0.593. The van der Waals surface area contributed by atoms with Gasteiger partial charge < -0.3 is 19.5 Å². The summed E-state index contributed by atoms with van der Waals surface area (Å²) in [7, 11) is -1.92. The Morgan fingerprint density at radius 2 is 1.89 bits per heavy atom. The zero-order chi connectivity index (χ0) is 14.1. The van der Waals surface area contributed by atoms with Crippen molar-refractivity contribution in [3.05, 3.63) is 0 Å². The number of carbonyl (C=O) groups is 1. The number of piperidine rings is 1. The van der Waals surface area contributed by atoms with Crippen LogP contribution in [-0.2, 0) is 4.43 Å². The molecule has 1 aliphatic heterocycles. The van der Waals surface area contributed by atoms with E-state index in [-0.39, 0.29) is 17.7 Å². The van der Waals surface area contributed by atoms with Crippen molar-refractivity contribution in [1.82, 2.24) is 4.90 Å². The predicted octanol–water partition coefficient (Wildman–Crippen LogP) is 2.12. The molecule has 0 aliphatic carbocycles. The van der Waals surface area contributed by atoms with E-state index in [4.69, 9.17) is 9.53 Å². The number of hydrogen-bond donors (Lipinski definition) is 2. The first-order valence-electron chi connectivity index (χ1n) is 6.36. The highest BCUT2D eigenvalue weighted by Crippen LogP contribution is 2.38. The van der Waals surface area contributed by atoms with Crippen molar-refractivity contribution in [3.63, 3.8) is 0 Å². The van der Waals surface area contributed by atoms with Crippen LogP contribution in [0.3, 0.4) is 0 Å². The second-order valence-corrected chi connectivity index (χ2v) is 11.3. The maximum atomic E-state index is 11.0. The van der Waals surface area contributed by atoms with E-state index in [1.165, 1.54) is 4.90 Å². The number of hydrogen-bond acceptors (Lipinski definition) is 3. The molecule has 6 heteroatoms. The second-order valence-electron chi connectivity index (χ2n) is 6.58. The lowest BCUT2D eigenvalue weighted by Crippen LogP contribution is -2.53. The topological polar surface area (TPSA) is 70.0 Å². The average molecular weight is 275 g/mol. The van der Waals surface area contributed by atoms with Crippen LogP contribution in [0.25, 0.3) is 0 Å². The number of aliphatic hydroxyl groups is 1. The van der Waals surface area contributed by atoms with Gasteiger partial charge in [0.2, 0.25) is 0 Å². The summed E-state index contributed by atoms with van der Waals surface area (Å²) in [6.45, 7) is 11.3. The van der Waals surface area contributed by atoms with Gasteiger partial charge in [0.1, 0.15) is 0 Å². The Kier molecular flexibility index (Phi) is 4.45. The summed E-state index contributed by atoms with van der Waals surface area (Å²) >= 11 is 0. The fraction of sp³-hybridized carbons (Fsp3) is 0.917. The van der Waals surface area contributed by atoms with Gasteiger partial charge in [-0.2, -0.15) is 0 Å². The Morgan fingerprint density at radius 3 is 2.33 bits per heavy atom. The molecular weight excluding hydrogens is 250 g/mol. The van der Waals surface area contributed by atoms with Gasteiger partial charge in [0, 0.05) is 13.0 Å². The molecule has 106 valence electrons. The van der Waals surface area contributed by atoms with Crippen LogP contribution in [0.15, 0.2) is 0 Å². The first-order valence-corrected chi connectivity index (χ1v) is 9.27. The third-order valence-electron chi connectivity index (χ3n) is 3.93. The van der Waals surface area contributed by atoms with E-state index in [2.05, 4.69) is 33.9 Å². The van der Waals surface area contributed by atoms with Crippen LogP contribution < -0.4 is 0 Å². The van der Waals surface area contributed by atoms with Crippen molar-refractivity contribution >= 4 is 14.4 Å². The van der Waals surface area contributed by atoms with Crippen molar-refractivity contribution < 1.29 is 19.4 Å². The lowest BCUT2D eigenvalue weighted by Gasteiger charge is -2.42. The van der Waals surface area contributed by atoms with Gasteiger partial charge in [0.05, 0.1) is 18.8 Å². The summed E-state index contributed by atoms with van der Waals surface area (Å²) in [6.07, 6.45) is -1.27. The number of amides is 1. The quantitative estimate of drug-likeness (QED) is 0.757. The molecular formula is C12H25NO4Si. The molecule has 2 unspecified atom stereocenters. The Labute approximate surface area is 110 Å². The van der Waals surface area contributed by atoms with Crippen molar-refractivity contribution in [2.45, 2.75) is 57.5 Å². The van der Waals surface area contributed by atoms with E-state index in [0.29, 0.717) is 13.0 Å². The largest absolute Gasteiger partial charge is 0.465 e. The van der Waals surface area contributed by atoms with Crippen LogP contribution >= 0.6 is 0 Å². The lowest BCUT2D eigenvalue weighted by atomic mass is 10.1. The fourth-order valence-corrected chi connectivity index (χ4v) is 3.22. The van der Waals surface area contributed by atoms with Crippen LogP contribution in [0.4, 0.5) is 4.79 Å². The number of rotatable bonds is 2. The number of likely N-dealkylation sites (tertiary alicyclic amines) is 1. The molecule has 0 aromatic heterocycles. The van der Waals surface area contributed by atoms with Crippen molar-refractivity contribution in [1.29, 1.82) is 0 Å². The fourth-order valence-electron chi connectivity index (χ4n) is 1.86. The Bertz CT molecular complexity index is 314. The van der Waals surface area contributed by atoms with Gasteiger partial charge in [-0.05, 0) is 18.1 Å². The van der Waals surface area contributed by atoms with Crippen LogP contribution in [0.1, 0.15) is 27.2 Å². The Balaban J connectivity index is 2.70. The molecule has 1 saturated heterocycles. The maximum absolute atomic E-state index is 11.0. The van der Waals surface area contributed by atoms with Crippen molar-refractivity contribution in [2.75, 3.05) is 13.1 Å². The standard InChI is InChI=1S/C12H25NO4Si/c1-12(2,3)18(4,5)17-10-6-9(14)7-13(8-10)11(15)16/h9-10,14H,6-8H2,1-5H3,(H,15,16). The van der Waals surface area contributed by atoms with Gasteiger partial charge in [0.25, 0.3) is 0 Å². The number of β-amino-alcohol motifs (C(OH)–C–C–N with tert-alkyl or cyclic N) is 1. The van der Waals surface area contributed by atoms with Gasteiger partial charge in [0.15, 0.2) is 8.32 Å². The van der Waals surface area contributed by atoms with Crippen molar-refractivity contribution in [3.8, 4) is 0 Å². The molecule has 1 amide bonds. The zero-order valence-corrected chi connectivity index (χ0v) is 12.9. The summed E-state index contributed by atoms with van der Waals surface area (Å²) in [4.78, 5) is 12.2. The average Bonchev–Trinajstić information content (AvgIpc) is 2.13. The summed E-state index contributed by atoms with van der Waals surface area (Å²) < 4.78 is 6.17. The monoisotopic (exact) mass is 275 g/mol. The van der Waals surface area contributed by atoms with Gasteiger partial charge >= 0.3 is 6.09 Å². The summed E-state index contributed by atoms with van der Waals surface area (Å²) in [5.41, 5.74) is 0. The predicted molar refractivity (Wildman–Crippen MR) is 72.3 cm³/mol.